The molecule has 1 aliphatic rings. The van der Waals surface area contributed by atoms with Gasteiger partial charge in [-0.15, -0.1) is 0 Å². The van der Waals surface area contributed by atoms with Gasteiger partial charge in [-0.05, 0) is 31.9 Å². The molecule has 1 aliphatic carbocycles. The minimum atomic E-state index is -0.270. The highest BCUT2D eigenvalue weighted by atomic mass is 32.2. The van der Waals surface area contributed by atoms with Crippen molar-refractivity contribution in [3.63, 3.8) is 0 Å². The molecule has 1 aromatic heterocycles. The van der Waals surface area contributed by atoms with Gasteiger partial charge in [-0.2, -0.15) is 0 Å². The number of aromatic nitrogens is 2. The van der Waals surface area contributed by atoms with Gasteiger partial charge in [-0.25, -0.2) is 4.98 Å². The second kappa shape index (κ2) is 5.76. The fourth-order valence-electron chi connectivity index (χ4n) is 2.44. The van der Waals surface area contributed by atoms with Gasteiger partial charge in [-0.3, -0.25) is 14.2 Å². The van der Waals surface area contributed by atoms with Crippen LogP contribution >= 0.6 is 11.8 Å². The summed E-state index contributed by atoms with van der Waals surface area (Å²) in [6, 6.07) is 7.61. The van der Waals surface area contributed by atoms with Crippen molar-refractivity contribution in [3.05, 3.63) is 34.6 Å². The van der Waals surface area contributed by atoms with Gasteiger partial charge in [0, 0.05) is 20.1 Å². The van der Waals surface area contributed by atoms with Crippen LogP contribution in [0.1, 0.15) is 25.8 Å². The second-order valence-electron chi connectivity index (χ2n) is 5.81. The first kappa shape index (κ1) is 15.1. The molecule has 116 valence electrons. The van der Waals surface area contributed by atoms with E-state index in [0.717, 1.165) is 12.8 Å². The lowest BCUT2D eigenvalue weighted by molar-refractivity contribution is -0.127. The van der Waals surface area contributed by atoms with Crippen molar-refractivity contribution in [2.24, 2.45) is 0 Å². The summed E-state index contributed by atoms with van der Waals surface area (Å²) in [4.78, 5) is 31.0. The second-order valence-corrected chi connectivity index (χ2v) is 7.12. The summed E-state index contributed by atoms with van der Waals surface area (Å²) in [5.41, 5.74) is 0.691. The molecule has 0 bridgehead atoms. The zero-order valence-electron chi connectivity index (χ0n) is 12.9. The molecule has 1 saturated carbocycles. The van der Waals surface area contributed by atoms with Crippen LogP contribution in [0.15, 0.2) is 34.2 Å². The molecule has 1 amide bonds. The van der Waals surface area contributed by atoms with Crippen molar-refractivity contribution < 1.29 is 4.79 Å². The smallest absolute Gasteiger partial charge is 0.262 e. The first-order valence-electron chi connectivity index (χ1n) is 7.38. The molecule has 1 aromatic carbocycles. The van der Waals surface area contributed by atoms with Crippen LogP contribution in [-0.2, 0) is 4.79 Å². The number of hydrogen-bond acceptors (Lipinski definition) is 4. The van der Waals surface area contributed by atoms with Gasteiger partial charge in [0.05, 0.1) is 16.2 Å². The third-order valence-corrected chi connectivity index (χ3v) is 4.81. The molecule has 1 atom stereocenters. The minimum Gasteiger partial charge on any atom is -0.348 e. The topological polar surface area (TPSA) is 55.2 Å². The van der Waals surface area contributed by atoms with Gasteiger partial charge in [0.25, 0.3) is 5.56 Å². The number of para-hydroxylation sites is 1. The highest BCUT2D eigenvalue weighted by Crippen LogP contribution is 2.37. The van der Waals surface area contributed by atoms with Crippen molar-refractivity contribution in [1.29, 1.82) is 0 Å². The number of rotatable bonds is 4. The van der Waals surface area contributed by atoms with Crippen LogP contribution in [0.25, 0.3) is 10.9 Å². The average Bonchev–Trinajstić information content (AvgIpc) is 3.31. The van der Waals surface area contributed by atoms with Gasteiger partial charge in [0.15, 0.2) is 5.16 Å². The molecule has 0 saturated heterocycles. The third-order valence-electron chi connectivity index (χ3n) is 3.76. The minimum absolute atomic E-state index is 0.0000945. The Morgan fingerprint density at radius 1 is 1.36 bits per heavy atom. The third kappa shape index (κ3) is 2.75. The van der Waals surface area contributed by atoms with E-state index in [9.17, 15) is 9.59 Å². The number of fused-ring (bicyclic) bond motifs is 1. The Bertz CT molecular complexity index is 781. The number of hydrogen-bond donors (Lipinski definition) is 0. The fraction of sp³-hybridized carbons (Fsp3) is 0.438. The van der Waals surface area contributed by atoms with E-state index >= 15 is 0 Å². The van der Waals surface area contributed by atoms with E-state index in [1.807, 2.05) is 31.2 Å². The molecule has 0 unspecified atom stereocenters. The number of thioether (sulfide) groups is 1. The molecular weight excluding hydrogens is 298 g/mol. The lowest BCUT2D eigenvalue weighted by Crippen LogP contribution is -2.31. The molecule has 2 aromatic rings. The molecule has 0 radical (unpaired) electrons. The molecular formula is C16H19N3O2S. The molecule has 0 N–H and O–H groups in total. The number of benzene rings is 1. The average molecular weight is 317 g/mol. The van der Waals surface area contributed by atoms with Crippen molar-refractivity contribution in [3.8, 4) is 0 Å². The lowest BCUT2D eigenvalue weighted by atomic mass is 10.2. The molecule has 3 rings (SSSR count). The predicted molar refractivity (Wildman–Crippen MR) is 88.3 cm³/mol. The standard InChI is InChI=1S/C16H19N3O2S/c1-10(14(20)18(2)3)22-16-17-13-7-5-4-6-12(13)15(21)19(16)11-8-9-11/h4-7,10-11H,8-9H2,1-3H3/t10-/m1/s1. The van der Waals surface area contributed by atoms with E-state index in [2.05, 4.69) is 4.98 Å². The monoisotopic (exact) mass is 317 g/mol. The zero-order valence-corrected chi connectivity index (χ0v) is 13.8. The maximum absolute atomic E-state index is 12.7. The lowest BCUT2D eigenvalue weighted by Gasteiger charge is -2.18. The van der Waals surface area contributed by atoms with Gasteiger partial charge in [0.2, 0.25) is 5.91 Å². The van der Waals surface area contributed by atoms with Crippen LogP contribution in [0.3, 0.4) is 0 Å². The van der Waals surface area contributed by atoms with E-state index in [-0.39, 0.29) is 22.8 Å². The quantitative estimate of drug-likeness (QED) is 0.641. The predicted octanol–water partition coefficient (Wildman–Crippen LogP) is 2.30. The van der Waals surface area contributed by atoms with Crippen LogP contribution in [0.4, 0.5) is 0 Å². The number of carbonyl (C=O) groups is 1. The Balaban J connectivity index is 2.06. The number of amides is 1. The van der Waals surface area contributed by atoms with Crippen molar-refractivity contribution in [1.82, 2.24) is 14.5 Å². The summed E-state index contributed by atoms with van der Waals surface area (Å²) in [6.07, 6.45) is 2.01. The Labute approximate surface area is 133 Å². The van der Waals surface area contributed by atoms with Crippen LogP contribution in [-0.4, -0.2) is 39.7 Å². The Hall–Kier alpha value is -1.82. The summed E-state index contributed by atoms with van der Waals surface area (Å²) in [7, 11) is 3.47. The summed E-state index contributed by atoms with van der Waals surface area (Å²) in [5, 5.41) is 1.02. The largest absolute Gasteiger partial charge is 0.348 e. The highest BCUT2D eigenvalue weighted by Gasteiger charge is 2.30. The van der Waals surface area contributed by atoms with Crippen molar-refractivity contribution in [2.45, 2.75) is 36.2 Å². The maximum Gasteiger partial charge on any atom is 0.262 e. The van der Waals surface area contributed by atoms with Crippen LogP contribution in [0.5, 0.6) is 0 Å². The highest BCUT2D eigenvalue weighted by molar-refractivity contribution is 8.00. The molecule has 6 heteroatoms. The summed E-state index contributed by atoms with van der Waals surface area (Å²) >= 11 is 1.36. The first-order valence-corrected chi connectivity index (χ1v) is 8.26. The Kier molecular flexibility index (Phi) is 3.95. The molecule has 5 nitrogen and oxygen atoms in total. The summed E-state index contributed by atoms with van der Waals surface area (Å²) < 4.78 is 1.77. The molecule has 0 aliphatic heterocycles. The van der Waals surface area contributed by atoms with Gasteiger partial charge in [-0.1, -0.05) is 23.9 Å². The summed E-state index contributed by atoms with van der Waals surface area (Å²) in [5.74, 6) is 0.0229. The van der Waals surface area contributed by atoms with Gasteiger partial charge in [0.1, 0.15) is 0 Å². The van der Waals surface area contributed by atoms with Crippen LogP contribution in [0.2, 0.25) is 0 Å². The van der Waals surface area contributed by atoms with E-state index < -0.39 is 0 Å². The van der Waals surface area contributed by atoms with E-state index in [4.69, 9.17) is 0 Å². The number of nitrogens with zero attached hydrogens (tertiary/aromatic N) is 3. The van der Waals surface area contributed by atoms with Gasteiger partial charge < -0.3 is 4.90 Å². The Morgan fingerprint density at radius 3 is 2.68 bits per heavy atom. The maximum atomic E-state index is 12.7. The SMILES string of the molecule is C[C@@H](Sc1nc2ccccc2c(=O)n1C1CC1)C(=O)N(C)C. The normalized spacial score (nSPS) is 15.8. The van der Waals surface area contributed by atoms with Crippen LogP contribution < -0.4 is 5.56 Å². The number of carbonyl (C=O) groups excluding carboxylic acids is 1. The molecule has 1 heterocycles. The molecule has 22 heavy (non-hydrogen) atoms. The van der Waals surface area contributed by atoms with Crippen molar-refractivity contribution >= 4 is 28.6 Å². The summed E-state index contributed by atoms with van der Waals surface area (Å²) in [6.45, 7) is 1.85. The molecule has 1 fully saturated rings. The van der Waals surface area contributed by atoms with E-state index in [1.165, 1.54) is 11.8 Å². The zero-order chi connectivity index (χ0) is 15.9. The van der Waals surface area contributed by atoms with E-state index in [0.29, 0.717) is 16.1 Å². The fourth-order valence-corrected chi connectivity index (χ4v) is 3.56. The van der Waals surface area contributed by atoms with E-state index in [1.54, 1.807) is 23.6 Å². The Morgan fingerprint density at radius 2 is 2.05 bits per heavy atom. The van der Waals surface area contributed by atoms with Crippen molar-refractivity contribution in [2.75, 3.05) is 14.1 Å². The van der Waals surface area contributed by atoms with Crippen LogP contribution in [0, 0.1) is 0 Å². The van der Waals surface area contributed by atoms with Gasteiger partial charge >= 0.3 is 0 Å². The molecule has 0 spiro atoms. The first-order chi connectivity index (χ1) is 10.5.